The van der Waals surface area contributed by atoms with Crippen molar-refractivity contribution in [2.24, 2.45) is 0 Å². The van der Waals surface area contributed by atoms with Crippen LogP contribution in [0.2, 0.25) is 0 Å². The first-order valence-electron chi connectivity index (χ1n) is 14.0. The lowest BCUT2D eigenvalue weighted by Crippen LogP contribution is -2.37. The number of amides is 2. The fourth-order valence-corrected chi connectivity index (χ4v) is 5.32. The van der Waals surface area contributed by atoms with Gasteiger partial charge in [-0.3, -0.25) is 14.3 Å². The van der Waals surface area contributed by atoms with Gasteiger partial charge in [0, 0.05) is 42.9 Å². The number of anilines is 1. The highest BCUT2D eigenvalue weighted by atomic mass is 16.5. The number of carbonyl (C=O) groups excluding carboxylic acids is 2. The van der Waals surface area contributed by atoms with Crippen molar-refractivity contribution < 1.29 is 19.4 Å². The SMILES string of the molecule is CNC(=O)c1cccc(Cn2cc(-c3cccc4c3C(O)CCN4C(=O)CCCOc3cccc(C)c3C)cn2)c1. The third-order valence-electron chi connectivity index (χ3n) is 7.69. The third kappa shape index (κ3) is 6.18. The number of aliphatic hydroxyl groups is 1. The van der Waals surface area contributed by atoms with E-state index in [4.69, 9.17) is 4.74 Å². The molecule has 1 aromatic heterocycles. The molecule has 0 bridgehead atoms. The molecule has 3 aromatic carbocycles. The highest BCUT2D eigenvalue weighted by molar-refractivity contribution is 5.96. The Balaban J connectivity index is 1.29. The summed E-state index contributed by atoms with van der Waals surface area (Å²) in [6.45, 7) is 5.52. The number of nitrogens with zero attached hydrogens (tertiary/aromatic N) is 3. The van der Waals surface area contributed by atoms with E-state index in [1.165, 1.54) is 5.56 Å². The van der Waals surface area contributed by atoms with Crippen LogP contribution in [0.3, 0.4) is 0 Å². The largest absolute Gasteiger partial charge is 0.493 e. The Hall–Kier alpha value is -4.43. The number of aromatic nitrogens is 2. The number of aliphatic hydroxyl groups excluding tert-OH is 1. The second-order valence-corrected chi connectivity index (χ2v) is 10.4. The maximum Gasteiger partial charge on any atom is 0.251 e. The van der Waals surface area contributed by atoms with Crippen molar-refractivity contribution in [2.75, 3.05) is 25.1 Å². The molecule has 0 aliphatic carbocycles. The Labute approximate surface area is 240 Å². The number of hydrogen-bond acceptors (Lipinski definition) is 5. The summed E-state index contributed by atoms with van der Waals surface area (Å²) in [7, 11) is 1.61. The smallest absolute Gasteiger partial charge is 0.251 e. The van der Waals surface area contributed by atoms with Crippen LogP contribution in [0.25, 0.3) is 11.1 Å². The van der Waals surface area contributed by atoms with E-state index >= 15 is 0 Å². The summed E-state index contributed by atoms with van der Waals surface area (Å²) in [6, 6.07) is 19.2. The Morgan fingerprint density at radius 1 is 1.10 bits per heavy atom. The highest BCUT2D eigenvalue weighted by Crippen LogP contribution is 2.41. The van der Waals surface area contributed by atoms with E-state index in [1.54, 1.807) is 24.2 Å². The first kappa shape index (κ1) is 28.1. The van der Waals surface area contributed by atoms with Crippen molar-refractivity contribution in [3.8, 4) is 16.9 Å². The molecule has 2 N–H and O–H groups in total. The van der Waals surface area contributed by atoms with Crippen LogP contribution < -0.4 is 15.0 Å². The fraction of sp³-hybridized carbons (Fsp3) is 0.303. The third-order valence-corrected chi connectivity index (χ3v) is 7.69. The Morgan fingerprint density at radius 2 is 1.90 bits per heavy atom. The average molecular weight is 553 g/mol. The van der Waals surface area contributed by atoms with Gasteiger partial charge in [-0.15, -0.1) is 0 Å². The molecule has 1 unspecified atom stereocenters. The number of ether oxygens (including phenoxy) is 1. The first-order valence-corrected chi connectivity index (χ1v) is 14.0. The molecule has 8 nitrogen and oxygen atoms in total. The molecule has 4 aromatic rings. The van der Waals surface area contributed by atoms with Gasteiger partial charge in [0.1, 0.15) is 5.75 Å². The predicted molar refractivity (Wildman–Crippen MR) is 159 cm³/mol. The minimum Gasteiger partial charge on any atom is -0.493 e. The molecule has 2 heterocycles. The van der Waals surface area contributed by atoms with Crippen molar-refractivity contribution in [3.63, 3.8) is 0 Å². The van der Waals surface area contributed by atoms with Crippen LogP contribution in [-0.2, 0) is 11.3 Å². The average Bonchev–Trinajstić information content (AvgIpc) is 3.45. The summed E-state index contributed by atoms with van der Waals surface area (Å²) in [4.78, 5) is 27.1. The van der Waals surface area contributed by atoms with Crippen molar-refractivity contribution in [3.05, 3.63) is 101 Å². The maximum absolute atomic E-state index is 13.3. The first-order chi connectivity index (χ1) is 19.9. The molecule has 1 atom stereocenters. The molecule has 2 amide bonds. The van der Waals surface area contributed by atoms with E-state index in [9.17, 15) is 14.7 Å². The van der Waals surface area contributed by atoms with E-state index in [0.717, 1.165) is 39.3 Å². The van der Waals surface area contributed by atoms with Gasteiger partial charge >= 0.3 is 0 Å². The van der Waals surface area contributed by atoms with Gasteiger partial charge in [-0.25, -0.2) is 0 Å². The summed E-state index contributed by atoms with van der Waals surface area (Å²) < 4.78 is 7.76. The zero-order chi connectivity index (χ0) is 28.9. The number of carbonyl (C=O) groups is 2. The maximum atomic E-state index is 13.3. The molecule has 0 saturated heterocycles. The van der Waals surface area contributed by atoms with E-state index in [-0.39, 0.29) is 11.8 Å². The van der Waals surface area contributed by atoms with Gasteiger partial charge in [0.2, 0.25) is 5.91 Å². The number of fused-ring (bicyclic) bond motifs is 1. The van der Waals surface area contributed by atoms with E-state index in [2.05, 4.69) is 23.4 Å². The quantitative estimate of drug-likeness (QED) is 0.278. The van der Waals surface area contributed by atoms with Gasteiger partial charge in [-0.2, -0.15) is 5.10 Å². The molecule has 8 heteroatoms. The van der Waals surface area contributed by atoms with Gasteiger partial charge in [0.05, 0.1) is 31.1 Å². The molecule has 0 fully saturated rings. The predicted octanol–water partition coefficient (Wildman–Crippen LogP) is 5.20. The molecule has 5 rings (SSSR count). The summed E-state index contributed by atoms with van der Waals surface area (Å²) >= 11 is 0. The van der Waals surface area contributed by atoms with Crippen LogP contribution in [0, 0.1) is 13.8 Å². The Kier molecular flexibility index (Phi) is 8.50. The van der Waals surface area contributed by atoms with Gasteiger partial charge in [-0.05, 0) is 73.2 Å². The Morgan fingerprint density at radius 3 is 2.73 bits per heavy atom. The lowest BCUT2D eigenvalue weighted by molar-refractivity contribution is -0.119. The minimum absolute atomic E-state index is 0.0200. The van der Waals surface area contributed by atoms with Crippen molar-refractivity contribution in [2.45, 2.75) is 45.8 Å². The molecule has 0 spiro atoms. The van der Waals surface area contributed by atoms with Gasteiger partial charge in [0.25, 0.3) is 5.91 Å². The number of nitrogens with one attached hydrogen (secondary N) is 1. The Bertz CT molecular complexity index is 1560. The lowest BCUT2D eigenvalue weighted by atomic mass is 9.91. The molecular formula is C33H36N4O4. The van der Waals surface area contributed by atoms with Crippen LogP contribution in [0.4, 0.5) is 5.69 Å². The summed E-state index contributed by atoms with van der Waals surface area (Å²) in [6.07, 6.45) is 4.46. The fourth-order valence-electron chi connectivity index (χ4n) is 5.32. The topological polar surface area (TPSA) is 96.7 Å². The molecule has 0 radical (unpaired) electrons. The highest BCUT2D eigenvalue weighted by Gasteiger charge is 2.30. The van der Waals surface area contributed by atoms with Crippen LogP contribution in [0.15, 0.2) is 73.1 Å². The number of rotatable bonds is 9. The summed E-state index contributed by atoms with van der Waals surface area (Å²) in [5, 5.41) is 18.2. The van der Waals surface area contributed by atoms with Crippen molar-refractivity contribution in [1.29, 1.82) is 0 Å². The zero-order valence-electron chi connectivity index (χ0n) is 23.8. The van der Waals surface area contributed by atoms with Crippen LogP contribution >= 0.6 is 0 Å². The number of benzene rings is 3. The van der Waals surface area contributed by atoms with Crippen LogP contribution in [0.5, 0.6) is 5.75 Å². The van der Waals surface area contributed by atoms with E-state index in [1.807, 2.05) is 66.3 Å². The molecule has 41 heavy (non-hydrogen) atoms. The second-order valence-electron chi connectivity index (χ2n) is 10.4. The van der Waals surface area contributed by atoms with Crippen LogP contribution in [0.1, 0.15) is 58.0 Å². The van der Waals surface area contributed by atoms with Crippen LogP contribution in [-0.4, -0.2) is 46.9 Å². The van der Waals surface area contributed by atoms with Crippen molar-refractivity contribution in [1.82, 2.24) is 15.1 Å². The summed E-state index contributed by atoms with van der Waals surface area (Å²) in [5.74, 6) is 0.741. The molecule has 1 aliphatic heterocycles. The monoisotopic (exact) mass is 552 g/mol. The zero-order valence-corrected chi connectivity index (χ0v) is 23.8. The second kappa shape index (κ2) is 12.4. The van der Waals surface area contributed by atoms with E-state index in [0.29, 0.717) is 44.5 Å². The normalized spacial score (nSPS) is 14.4. The molecule has 212 valence electrons. The molecule has 1 aliphatic rings. The van der Waals surface area contributed by atoms with Gasteiger partial charge < -0.3 is 20.1 Å². The summed E-state index contributed by atoms with van der Waals surface area (Å²) in [5.41, 5.74) is 7.06. The van der Waals surface area contributed by atoms with Gasteiger partial charge in [0.15, 0.2) is 0 Å². The standard InChI is InChI=1S/C33H36N4O4/c1-22-8-4-13-30(23(22)2)41-17-7-14-31(39)37-16-15-29(38)32-27(11-6-12-28(32)37)26-19-35-36(21-26)20-24-9-5-10-25(18-24)33(40)34-3/h4-6,8-13,18-19,21,29,38H,7,14-17,20H2,1-3H3,(H,34,40). The lowest BCUT2D eigenvalue weighted by Gasteiger charge is -2.33. The number of aryl methyl sites for hydroxylation is 1. The number of hydrogen-bond donors (Lipinski definition) is 2. The minimum atomic E-state index is -0.675. The van der Waals surface area contributed by atoms with Gasteiger partial charge in [-0.1, -0.05) is 36.4 Å². The van der Waals surface area contributed by atoms with E-state index < -0.39 is 6.10 Å². The molecule has 0 saturated carbocycles. The van der Waals surface area contributed by atoms with Crippen molar-refractivity contribution >= 4 is 17.5 Å². The molecular weight excluding hydrogens is 516 g/mol.